The van der Waals surface area contributed by atoms with Gasteiger partial charge in [0.25, 0.3) is 0 Å². The molecule has 3 nitrogen and oxygen atoms in total. The summed E-state index contributed by atoms with van der Waals surface area (Å²) in [5, 5.41) is 0. The molecule has 2 rings (SSSR count). The highest BCUT2D eigenvalue weighted by Crippen LogP contribution is 2.26. The summed E-state index contributed by atoms with van der Waals surface area (Å²) in [6.45, 7) is 2.73. The van der Waals surface area contributed by atoms with Crippen LogP contribution in [0.5, 0.6) is 5.75 Å². The Labute approximate surface area is 105 Å². The van der Waals surface area contributed by atoms with Crippen LogP contribution in [0.15, 0.2) is 12.1 Å². The van der Waals surface area contributed by atoms with Gasteiger partial charge in [-0.05, 0) is 31.0 Å². The molecule has 1 aromatic carbocycles. The van der Waals surface area contributed by atoms with Crippen LogP contribution in [0.1, 0.15) is 18.9 Å². The normalized spacial score (nSPS) is 21.0. The minimum atomic E-state index is -0.683. The van der Waals surface area contributed by atoms with Gasteiger partial charge in [0.05, 0.1) is 13.2 Å². The van der Waals surface area contributed by atoms with E-state index in [9.17, 15) is 8.78 Å². The Morgan fingerprint density at radius 1 is 1.44 bits per heavy atom. The van der Waals surface area contributed by atoms with E-state index in [4.69, 9.17) is 15.2 Å². The van der Waals surface area contributed by atoms with E-state index >= 15 is 0 Å². The van der Waals surface area contributed by atoms with E-state index in [-0.39, 0.29) is 17.9 Å². The van der Waals surface area contributed by atoms with Gasteiger partial charge >= 0.3 is 0 Å². The molecular weight excluding hydrogens is 240 g/mol. The SMILES string of the molecule is CC(N)Cc1cc(F)c(OC2CCOC2)c(F)c1. The van der Waals surface area contributed by atoms with Crippen molar-refractivity contribution in [1.29, 1.82) is 0 Å². The molecule has 2 unspecified atom stereocenters. The number of halogens is 2. The Morgan fingerprint density at radius 2 is 2.11 bits per heavy atom. The standard InChI is InChI=1S/C13H17F2NO2/c1-8(16)4-9-5-11(14)13(12(15)6-9)18-10-2-3-17-7-10/h5-6,8,10H,2-4,7,16H2,1H3. The molecule has 18 heavy (non-hydrogen) atoms. The molecule has 1 aliphatic heterocycles. The van der Waals surface area contributed by atoms with Gasteiger partial charge in [0.2, 0.25) is 0 Å². The Balaban J connectivity index is 2.15. The van der Waals surface area contributed by atoms with Gasteiger partial charge in [-0.25, -0.2) is 8.78 Å². The van der Waals surface area contributed by atoms with Crippen LogP contribution in [-0.2, 0) is 11.2 Å². The largest absolute Gasteiger partial charge is 0.482 e. The van der Waals surface area contributed by atoms with Crippen molar-refractivity contribution in [1.82, 2.24) is 0 Å². The minimum Gasteiger partial charge on any atom is -0.482 e. The Bertz CT molecular complexity index is 394. The Kier molecular flexibility index (Phi) is 4.14. The van der Waals surface area contributed by atoms with E-state index in [1.165, 1.54) is 12.1 Å². The maximum atomic E-state index is 13.8. The highest BCUT2D eigenvalue weighted by Gasteiger charge is 2.21. The zero-order valence-corrected chi connectivity index (χ0v) is 10.3. The summed E-state index contributed by atoms with van der Waals surface area (Å²) in [7, 11) is 0. The molecule has 1 saturated heterocycles. The maximum absolute atomic E-state index is 13.8. The van der Waals surface area contributed by atoms with E-state index in [0.29, 0.717) is 31.6 Å². The molecule has 1 heterocycles. The summed E-state index contributed by atoms with van der Waals surface area (Å²) in [4.78, 5) is 0. The van der Waals surface area contributed by atoms with Gasteiger partial charge in [-0.2, -0.15) is 0 Å². The van der Waals surface area contributed by atoms with Crippen LogP contribution >= 0.6 is 0 Å². The summed E-state index contributed by atoms with van der Waals surface area (Å²) in [6, 6.07) is 2.41. The second kappa shape index (κ2) is 5.63. The molecule has 1 aromatic rings. The minimum absolute atomic E-state index is 0.140. The zero-order valence-electron chi connectivity index (χ0n) is 10.3. The average Bonchev–Trinajstić information content (AvgIpc) is 2.75. The molecule has 0 amide bonds. The number of hydrogen-bond acceptors (Lipinski definition) is 3. The molecule has 1 fully saturated rings. The summed E-state index contributed by atoms with van der Waals surface area (Å²) >= 11 is 0. The third-order valence-corrected chi connectivity index (χ3v) is 2.79. The first-order valence-corrected chi connectivity index (χ1v) is 6.04. The quantitative estimate of drug-likeness (QED) is 0.897. The monoisotopic (exact) mass is 257 g/mol. The lowest BCUT2D eigenvalue weighted by molar-refractivity contribution is 0.134. The fourth-order valence-electron chi connectivity index (χ4n) is 1.99. The molecule has 1 aliphatic rings. The number of benzene rings is 1. The molecule has 0 aromatic heterocycles. The van der Waals surface area contributed by atoms with Crippen LogP contribution in [0.3, 0.4) is 0 Å². The van der Waals surface area contributed by atoms with Crippen molar-refractivity contribution >= 4 is 0 Å². The fraction of sp³-hybridized carbons (Fsp3) is 0.538. The van der Waals surface area contributed by atoms with Crippen molar-refractivity contribution in [3.63, 3.8) is 0 Å². The Morgan fingerprint density at radius 3 is 2.61 bits per heavy atom. The maximum Gasteiger partial charge on any atom is 0.191 e. The van der Waals surface area contributed by atoms with E-state index < -0.39 is 11.6 Å². The highest BCUT2D eigenvalue weighted by molar-refractivity contribution is 5.32. The van der Waals surface area contributed by atoms with Crippen molar-refractivity contribution < 1.29 is 18.3 Å². The van der Waals surface area contributed by atoms with Crippen molar-refractivity contribution in [2.75, 3.05) is 13.2 Å². The molecule has 2 N–H and O–H groups in total. The van der Waals surface area contributed by atoms with Crippen molar-refractivity contribution in [3.8, 4) is 5.75 Å². The smallest absolute Gasteiger partial charge is 0.191 e. The number of rotatable bonds is 4. The number of hydrogen-bond donors (Lipinski definition) is 1. The van der Waals surface area contributed by atoms with Crippen LogP contribution in [-0.4, -0.2) is 25.4 Å². The molecule has 0 saturated carbocycles. The fourth-order valence-corrected chi connectivity index (χ4v) is 1.99. The number of nitrogens with two attached hydrogens (primary N) is 1. The predicted octanol–water partition coefficient (Wildman–Crippen LogP) is 2.02. The lowest BCUT2D eigenvalue weighted by Crippen LogP contribution is -2.19. The van der Waals surface area contributed by atoms with Crippen LogP contribution in [0.2, 0.25) is 0 Å². The molecular formula is C13H17F2NO2. The molecule has 100 valence electrons. The van der Waals surface area contributed by atoms with Gasteiger partial charge in [-0.3, -0.25) is 0 Å². The van der Waals surface area contributed by atoms with Crippen molar-refractivity contribution in [2.24, 2.45) is 5.73 Å². The number of ether oxygens (including phenoxy) is 2. The third kappa shape index (κ3) is 3.17. The van der Waals surface area contributed by atoms with E-state index in [1.54, 1.807) is 6.92 Å². The van der Waals surface area contributed by atoms with Gasteiger partial charge in [0, 0.05) is 12.5 Å². The first-order valence-electron chi connectivity index (χ1n) is 6.04. The predicted molar refractivity (Wildman–Crippen MR) is 63.6 cm³/mol. The molecule has 0 radical (unpaired) electrons. The van der Waals surface area contributed by atoms with E-state index in [1.807, 2.05) is 0 Å². The molecule has 2 atom stereocenters. The lowest BCUT2D eigenvalue weighted by atomic mass is 10.1. The van der Waals surface area contributed by atoms with Crippen molar-refractivity contribution in [3.05, 3.63) is 29.3 Å². The second-order valence-electron chi connectivity index (χ2n) is 4.67. The second-order valence-corrected chi connectivity index (χ2v) is 4.67. The van der Waals surface area contributed by atoms with Gasteiger partial charge in [-0.15, -0.1) is 0 Å². The third-order valence-electron chi connectivity index (χ3n) is 2.79. The Hall–Kier alpha value is -1.20. The lowest BCUT2D eigenvalue weighted by Gasteiger charge is -2.14. The molecule has 5 heteroatoms. The topological polar surface area (TPSA) is 44.5 Å². The van der Waals surface area contributed by atoms with Gasteiger partial charge < -0.3 is 15.2 Å². The van der Waals surface area contributed by atoms with Gasteiger partial charge in [0.15, 0.2) is 17.4 Å². The van der Waals surface area contributed by atoms with E-state index in [2.05, 4.69) is 0 Å². The summed E-state index contributed by atoms with van der Waals surface area (Å²) in [5.41, 5.74) is 6.14. The van der Waals surface area contributed by atoms with Crippen LogP contribution in [0.4, 0.5) is 8.78 Å². The highest BCUT2D eigenvalue weighted by atomic mass is 19.1. The van der Waals surface area contributed by atoms with Crippen LogP contribution < -0.4 is 10.5 Å². The zero-order chi connectivity index (χ0) is 13.1. The van der Waals surface area contributed by atoms with Gasteiger partial charge in [-0.1, -0.05) is 0 Å². The molecule has 0 aliphatic carbocycles. The molecule has 0 spiro atoms. The molecule has 0 bridgehead atoms. The van der Waals surface area contributed by atoms with Crippen LogP contribution in [0, 0.1) is 11.6 Å². The summed E-state index contributed by atoms with van der Waals surface area (Å²) in [6.07, 6.45) is 0.814. The first-order chi connectivity index (χ1) is 8.56. The van der Waals surface area contributed by atoms with E-state index in [0.717, 1.165) is 0 Å². The summed E-state index contributed by atoms with van der Waals surface area (Å²) < 4.78 is 37.9. The van der Waals surface area contributed by atoms with Crippen molar-refractivity contribution in [2.45, 2.75) is 31.9 Å². The average molecular weight is 257 g/mol. The summed E-state index contributed by atoms with van der Waals surface area (Å²) in [5.74, 6) is -1.69. The van der Waals surface area contributed by atoms with Gasteiger partial charge in [0.1, 0.15) is 6.10 Å². The van der Waals surface area contributed by atoms with Crippen LogP contribution in [0.25, 0.3) is 0 Å². The first kappa shape index (κ1) is 13.2.